The molecule has 0 unspecified atom stereocenters. The molecule has 0 aliphatic carbocycles. The highest BCUT2D eigenvalue weighted by Gasteiger charge is 2.17. The highest BCUT2D eigenvalue weighted by Crippen LogP contribution is 2.23. The van der Waals surface area contributed by atoms with E-state index in [1.54, 1.807) is 73.7 Å². The average molecular weight is 459 g/mol. The van der Waals surface area contributed by atoms with Crippen molar-refractivity contribution in [3.05, 3.63) is 82.9 Å². The van der Waals surface area contributed by atoms with Crippen molar-refractivity contribution in [2.24, 2.45) is 0 Å². The lowest BCUT2D eigenvalue weighted by atomic mass is 10.2. The Morgan fingerprint density at radius 2 is 1.55 bits per heavy atom. The molecule has 1 amide bonds. The molecule has 1 atom stereocenters. The Balaban J connectivity index is 1.62. The molecule has 3 aromatic rings. The summed E-state index contributed by atoms with van der Waals surface area (Å²) in [4.78, 5) is 12.6. The predicted molar refractivity (Wildman–Crippen MR) is 123 cm³/mol. The summed E-state index contributed by atoms with van der Waals surface area (Å²) in [6, 6.07) is 18.2. The molecule has 0 saturated heterocycles. The summed E-state index contributed by atoms with van der Waals surface area (Å²) in [5.41, 5.74) is 2.71. The van der Waals surface area contributed by atoms with Gasteiger partial charge in [0.25, 0.3) is 15.9 Å². The number of hydrogen-bond acceptors (Lipinski definition) is 4. The van der Waals surface area contributed by atoms with E-state index in [4.69, 9.17) is 16.3 Å². The molecule has 8 heteroatoms. The van der Waals surface area contributed by atoms with Crippen molar-refractivity contribution in [1.29, 1.82) is 0 Å². The predicted octanol–water partition coefficient (Wildman–Crippen LogP) is 5.16. The largest absolute Gasteiger partial charge is 0.481 e. The van der Waals surface area contributed by atoms with Crippen LogP contribution in [-0.2, 0) is 14.8 Å². The lowest BCUT2D eigenvalue weighted by Gasteiger charge is -2.16. The fourth-order valence-electron chi connectivity index (χ4n) is 2.79. The quantitative estimate of drug-likeness (QED) is 0.512. The molecule has 31 heavy (non-hydrogen) atoms. The van der Waals surface area contributed by atoms with Gasteiger partial charge < -0.3 is 10.1 Å². The number of anilines is 2. The zero-order chi connectivity index (χ0) is 22.6. The molecule has 0 aliphatic rings. The molecule has 2 N–H and O–H groups in total. The number of carbonyl (C=O) groups is 1. The van der Waals surface area contributed by atoms with E-state index in [2.05, 4.69) is 10.0 Å². The van der Waals surface area contributed by atoms with Gasteiger partial charge in [0.1, 0.15) is 5.75 Å². The molecule has 0 fully saturated rings. The van der Waals surface area contributed by atoms with Gasteiger partial charge in [-0.2, -0.15) is 0 Å². The molecule has 0 radical (unpaired) electrons. The molecule has 3 rings (SSSR count). The summed E-state index contributed by atoms with van der Waals surface area (Å²) in [6.45, 7) is 5.38. The molecule has 0 aliphatic heterocycles. The molecule has 0 heterocycles. The second-order valence-electron chi connectivity index (χ2n) is 7.16. The number of sulfonamides is 1. The van der Waals surface area contributed by atoms with E-state index in [0.29, 0.717) is 22.1 Å². The van der Waals surface area contributed by atoms with Gasteiger partial charge in [-0.15, -0.1) is 0 Å². The van der Waals surface area contributed by atoms with Crippen molar-refractivity contribution in [1.82, 2.24) is 0 Å². The first kappa shape index (κ1) is 22.7. The lowest BCUT2D eigenvalue weighted by Crippen LogP contribution is -2.30. The van der Waals surface area contributed by atoms with Gasteiger partial charge in [-0.1, -0.05) is 29.3 Å². The topological polar surface area (TPSA) is 84.5 Å². The minimum absolute atomic E-state index is 0.180. The Morgan fingerprint density at radius 1 is 0.935 bits per heavy atom. The van der Waals surface area contributed by atoms with Crippen molar-refractivity contribution < 1.29 is 17.9 Å². The molecule has 162 valence electrons. The minimum Gasteiger partial charge on any atom is -0.481 e. The van der Waals surface area contributed by atoms with Gasteiger partial charge in [0.15, 0.2) is 6.10 Å². The van der Waals surface area contributed by atoms with Gasteiger partial charge in [0, 0.05) is 16.4 Å². The molecule has 0 bridgehead atoms. The highest BCUT2D eigenvalue weighted by molar-refractivity contribution is 7.92. The lowest BCUT2D eigenvalue weighted by molar-refractivity contribution is -0.122. The van der Waals surface area contributed by atoms with Crippen LogP contribution in [0.1, 0.15) is 18.1 Å². The molecule has 0 aromatic heterocycles. The number of nitrogens with one attached hydrogen (secondary N) is 2. The standard InChI is InChI=1S/C23H23ClN2O4S/c1-15-4-11-21(12-5-15)31(28,29)26-20-9-7-19(8-10-20)25-23(27)17(3)30-22-13-6-18(24)14-16(22)2/h4-14,17,26H,1-3H3,(H,25,27)/t17-/m0/s1. The van der Waals surface area contributed by atoms with E-state index in [1.807, 2.05) is 13.8 Å². The van der Waals surface area contributed by atoms with Crippen LogP contribution in [0.25, 0.3) is 0 Å². The van der Waals surface area contributed by atoms with Crippen LogP contribution in [-0.4, -0.2) is 20.4 Å². The van der Waals surface area contributed by atoms with Gasteiger partial charge in [-0.25, -0.2) is 8.42 Å². The highest BCUT2D eigenvalue weighted by atomic mass is 35.5. The average Bonchev–Trinajstić information content (AvgIpc) is 2.71. The van der Waals surface area contributed by atoms with Crippen LogP contribution >= 0.6 is 11.6 Å². The third-order valence-corrected chi connectivity index (χ3v) is 6.18. The number of rotatable bonds is 7. The maximum atomic E-state index is 12.5. The second kappa shape index (κ2) is 9.41. The van der Waals surface area contributed by atoms with Crippen molar-refractivity contribution in [2.75, 3.05) is 10.0 Å². The first-order valence-electron chi connectivity index (χ1n) is 9.57. The van der Waals surface area contributed by atoms with E-state index in [9.17, 15) is 13.2 Å². The Hall–Kier alpha value is -3.03. The Kier molecular flexibility index (Phi) is 6.87. The molecule has 3 aromatic carbocycles. The number of carbonyl (C=O) groups excluding carboxylic acids is 1. The number of amides is 1. The third kappa shape index (κ3) is 5.99. The van der Waals surface area contributed by atoms with Crippen LogP contribution in [0.2, 0.25) is 5.02 Å². The fraction of sp³-hybridized carbons (Fsp3) is 0.174. The number of benzene rings is 3. The molecule has 0 spiro atoms. The van der Waals surface area contributed by atoms with Crippen LogP contribution in [0.4, 0.5) is 11.4 Å². The minimum atomic E-state index is -3.69. The first-order valence-corrected chi connectivity index (χ1v) is 11.4. The van der Waals surface area contributed by atoms with Crippen molar-refractivity contribution in [3.8, 4) is 5.75 Å². The van der Waals surface area contributed by atoms with Crippen LogP contribution in [0.5, 0.6) is 5.75 Å². The van der Waals surface area contributed by atoms with Crippen molar-refractivity contribution in [2.45, 2.75) is 31.8 Å². The van der Waals surface area contributed by atoms with Crippen LogP contribution in [0, 0.1) is 13.8 Å². The van der Waals surface area contributed by atoms with Gasteiger partial charge >= 0.3 is 0 Å². The van der Waals surface area contributed by atoms with E-state index in [1.165, 1.54) is 0 Å². The second-order valence-corrected chi connectivity index (χ2v) is 9.27. The smallest absolute Gasteiger partial charge is 0.265 e. The van der Waals surface area contributed by atoms with Crippen LogP contribution in [0.15, 0.2) is 71.6 Å². The summed E-state index contributed by atoms with van der Waals surface area (Å²) in [6.07, 6.45) is -0.736. The Bertz CT molecular complexity index is 1180. The van der Waals surface area contributed by atoms with E-state index >= 15 is 0 Å². The van der Waals surface area contributed by atoms with Crippen molar-refractivity contribution in [3.63, 3.8) is 0 Å². The Morgan fingerprint density at radius 3 is 2.16 bits per heavy atom. The summed E-state index contributed by atoms with van der Waals surface area (Å²) in [5.74, 6) is 0.246. The first-order chi connectivity index (χ1) is 14.6. The summed E-state index contributed by atoms with van der Waals surface area (Å²) >= 11 is 5.94. The van der Waals surface area contributed by atoms with Gasteiger partial charge in [0.05, 0.1) is 4.90 Å². The maximum Gasteiger partial charge on any atom is 0.265 e. The van der Waals surface area contributed by atoms with Crippen LogP contribution < -0.4 is 14.8 Å². The summed E-state index contributed by atoms with van der Waals surface area (Å²) in [7, 11) is -3.69. The maximum absolute atomic E-state index is 12.5. The van der Waals surface area contributed by atoms with E-state index < -0.39 is 16.1 Å². The number of aryl methyl sites for hydroxylation is 2. The number of hydrogen-bond donors (Lipinski definition) is 2. The molecule has 0 saturated carbocycles. The van der Waals surface area contributed by atoms with E-state index in [-0.39, 0.29) is 10.8 Å². The Labute approximate surface area is 187 Å². The summed E-state index contributed by atoms with van der Waals surface area (Å²) in [5, 5.41) is 3.35. The third-order valence-electron chi connectivity index (χ3n) is 4.55. The number of ether oxygens (including phenoxy) is 1. The SMILES string of the molecule is Cc1ccc(S(=O)(=O)Nc2ccc(NC(=O)[C@H](C)Oc3ccc(Cl)cc3C)cc2)cc1. The van der Waals surface area contributed by atoms with Gasteiger partial charge in [-0.3, -0.25) is 9.52 Å². The van der Waals surface area contributed by atoms with Crippen LogP contribution in [0.3, 0.4) is 0 Å². The van der Waals surface area contributed by atoms with E-state index in [0.717, 1.165) is 11.1 Å². The zero-order valence-corrected chi connectivity index (χ0v) is 18.9. The van der Waals surface area contributed by atoms with Gasteiger partial charge in [-0.05, 0) is 80.9 Å². The molecule has 6 nitrogen and oxygen atoms in total. The zero-order valence-electron chi connectivity index (χ0n) is 17.3. The number of halogens is 1. The molecular formula is C23H23ClN2O4S. The summed E-state index contributed by atoms with van der Waals surface area (Å²) < 4.78 is 33.2. The van der Waals surface area contributed by atoms with Gasteiger partial charge in [0.2, 0.25) is 0 Å². The normalized spacial score (nSPS) is 12.1. The monoisotopic (exact) mass is 458 g/mol. The fourth-order valence-corrected chi connectivity index (χ4v) is 4.07. The van der Waals surface area contributed by atoms with Crippen molar-refractivity contribution >= 4 is 38.9 Å². The molecular weight excluding hydrogens is 436 g/mol.